The Morgan fingerprint density at radius 2 is 1.87 bits per heavy atom. The first-order chi connectivity index (χ1) is 7.43. The summed E-state index contributed by atoms with van der Waals surface area (Å²) in [5, 5.41) is 8.44. The van der Waals surface area contributed by atoms with Gasteiger partial charge in [-0.15, -0.1) is 0 Å². The predicted molar refractivity (Wildman–Crippen MR) is 61.8 cm³/mol. The third-order valence-corrected chi connectivity index (χ3v) is 2.03. The number of hydrogen-bond acceptors (Lipinski definition) is 6. The molecule has 0 radical (unpaired) electrons. The van der Waals surface area contributed by atoms with Crippen LogP contribution in [0.5, 0.6) is 0 Å². The first-order valence-electron chi connectivity index (χ1n) is 5.48. The van der Waals surface area contributed by atoms with Crippen LogP contribution in [-0.2, 0) is 0 Å². The van der Waals surface area contributed by atoms with Gasteiger partial charge in [0, 0.05) is 39.3 Å². The lowest BCUT2D eigenvalue weighted by Crippen LogP contribution is -2.40. The zero-order valence-electron chi connectivity index (χ0n) is 9.13. The molecule has 0 aromatic carbocycles. The van der Waals surface area contributed by atoms with Gasteiger partial charge in [-0.25, -0.2) is 0 Å². The van der Waals surface area contributed by atoms with Crippen LogP contribution < -0.4 is 21.8 Å². The molecule has 0 saturated heterocycles. The zero-order chi connectivity index (χ0) is 10.8. The van der Waals surface area contributed by atoms with Gasteiger partial charge in [-0.3, -0.25) is 0 Å². The Morgan fingerprint density at radius 3 is 2.53 bits per heavy atom. The van der Waals surface area contributed by atoms with Crippen molar-refractivity contribution in [1.82, 2.24) is 21.1 Å². The van der Waals surface area contributed by atoms with Crippen LogP contribution in [0.3, 0.4) is 0 Å². The fourth-order valence-electron chi connectivity index (χ4n) is 1.26. The summed E-state index contributed by atoms with van der Waals surface area (Å²) < 4.78 is 0. The average Bonchev–Trinajstić information content (AvgIpc) is 2.75. The highest BCUT2D eigenvalue weighted by Gasteiger charge is 2.18. The van der Waals surface area contributed by atoms with E-state index in [1.165, 1.54) is 0 Å². The molecule has 0 fully saturated rings. The van der Waals surface area contributed by atoms with Gasteiger partial charge in [-0.2, -0.15) is 5.43 Å². The fourth-order valence-corrected chi connectivity index (χ4v) is 1.26. The Morgan fingerprint density at radius 1 is 1.13 bits per heavy atom. The molecule has 0 saturated carbocycles. The van der Waals surface area contributed by atoms with E-state index in [9.17, 15) is 0 Å². The van der Waals surface area contributed by atoms with Gasteiger partial charge >= 0.3 is 6.34 Å². The van der Waals surface area contributed by atoms with Crippen molar-refractivity contribution < 1.29 is 0 Å². The van der Waals surface area contributed by atoms with E-state index in [4.69, 9.17) is 5.73 Å². The largest absolute Gasteiger partial charge is 0.534 e. The van der Waals surface area contributed by atoms with Crippen molar-refractivity contribution in [3.8, 4) is 0 Å². The normalized spacial score (nSPS) is 14.6. The number of hydrogen-bond donors (Lipinski definition) is 4. The molecule has 0 aliphatic carbocycles. The third kappa shape index (κ3) is 6.33. The summed E-state index contributed by atoms with van der Waals surface area (Å²) in [6.07, 6.45) is 2.87. The van der Waals surface area contributed by atoms with Gasteiger partial charge in [0.05, 0.1) is 0 Å². The predicted octanol–water partition coefficient (Wildman–Crippen LogP) is -2.15. The molecule has 86 valence electrons. The van der Waals surface area contributed by atoms with Gasteiger partial charge in [0.2, 0.25) is 0 Å². The third-order valence-electron chi connectivity index (χ3n) is 2.03. The smallest absolute Gasteiger partial charge is 0.329 e. The molecule has 6 nitrogen and oxygen atoms in total. The van der Waals surface area contributed by atoms with Gasteiger partial charge in [0.1, 0.15) is 13.1 Å². The number of nitrogens with two attached hydrogens (primary N) is 1. The molecule has 1 heterocycles. The van der Waals surface area contributed by atoms with Gasteiger partial charge in [0.25, 0.3) is 0 Å². The maximum atomic E-state index is 5.35. The van der Waals surface area contributed by atoms with Crippen LogP contribution in [-0.4, -0.2) is 63.7 Å². The van der Waals surface area contributed by atoms with Crippen molar-refractivity contribution in [2.45, 2.75) is 0 Å². The van der Waals surface area contributed by atoms with E-state index in [2.05, 4.69) is 27.4 Å². The summed E-state index contributed by atoms with van der Waals surface area (Å²) in [6, 6.07) is 0. The van der Waals surface area contributed by atoms with Crippen molar-refractivity contribution in [3.05, 3.63) is 0 Å². The summed E-state index contributed by atoms with van der Waals surface area (Å²) >= 11 is 0. The van der Waals surface area contributed by atoms with E-state index in [0.29, 0.717) is 6.54 Å². The SMILES string of the molecule is NCCNCCNCCNN1[C+]=NCC1. The first-order valence-corrected chi connectivity index (χ1v) is 5.48. The average molecular weight is 213 g/mol. The number of nitrogens with zero attached hydrogens (tertiary/aromatic N) is 2. The van der Waals surface area contributed by atoms with Crippen LogP contribution in [0.4, 0.5) is 0 Å². The van der Waals surface area contributed by atoms with E-state index in [1.807, 2.05) is 5.01 Å². The molecule has 15 heavy (non-hydrogen) atoms. The number of nitrogens with one attached hydrogen (secondary N) is 3. The highest BCUT2D eigenvalue weighted by molar-refractivity contribution is 5.56. The number of aliphatic imine (C=N–C) groups is 1. The molecule has 0 aromatic heterocycles. The molecular formula is C9H21N6+. The fraction of sp³-hybridized carbons (Fsp3) is 0.889. The van der Waals surface area contributed by atoms with E-state index in [1.54, 1.807) is 0 Å². The van der Waals surface area contributed by atoms with Gasteiger partial charge in [0.15, 0.2) is 0 Å². The Hall–Kier alpha value is -0.780. The van der Waals surface area contributed by atoms with Gasteiger partial charge < -0.3 is 16.4 Å². The highest BCUT2D eigenvalue weighted by Crippen LogP contribution is 1.86. The van der Waals surface area contributed by atoms with Crippen molar-refractivity contribution in [2.75, 3.05) is 52.4 Å². The Kier molecular flexibility index (Phi) is 6.98. The molecule has 0 unspecified atom stereocenters. The standard InChI is InChI=1S/C9H21N6/c10-1-2-11-3-4-12-5-6-14-15-8-7-13-9-15/h11-12,14H,1-8,10H2/q+1. The summed E-state index contributed by atoms with van der Waals surface area (Å²) in [5.74, 6) is 0. The minimum atomic E-state index is 0.700. The molecule has 0 amide bonds. The van der Waals surface area contributed by atoms with Gasteiger partial charge in [-0.1, -0.05) is 5.01 Å². The van der Waals surface area contributed by atoms with E-state index >= 15 is 0 Å². The molecule has 1 rings (SSSR count). The second-order valence-corrected chi connectivity index (χ2v) is 3.33. The minimum absolute atomic E-state index is 0.700. The maximum Gasteiger partial charge on any atom is 0.534 e. The number of rotatable bonds is 9. The highest BCUT2D eigenvalue weighted by atomic mass is 15.5. The van der Waals surface area contributed by atoms with Crippen molar-refractivity contribution in [3.63, 3.8) is 0 Å². The van der Waals surface area contributed by atoms with Crippen molar-refractivity contribution >= 4 is 6.34 Å². The number of hydrazine groups is 1. The minimum Gasteiger partial charge on any atom is -0.329 e. The molecule has 1 aliphatic rings. The summed E-state index contributed by atoms with van der Waals surface area (Å²) in [5.41, 5.74) is 8.56. The van der Waals surface area contributed by atoms with E-state index in [-0.39, 0.29) is 0 Å². The van der Waals surface area contributed by atoms with Gasteiger partial charge in [-0.05, 0) is 4.99 Å². The maximum absolute atomic E-state index is 5.35. The summed E-state index contributed by atoms with van der Waals surface area (Å²) in [6.45, 7) is 7.15. The van der Waals surface area contributed by atoms with Crippen LogP contribution >= 0.6 is 0 Å². The Balaban J connectivity index is 1.75. The molecule has 0 aromatic rings. The van der Waals surface area contributed by atoms with E-state index in [0.717, 1.165) is 45.8 Å². The van der Waals surface area contributed by atoms with E-state index < -0.39 is 0 Å². The first kappa shape index (κ1) is 12.3. The van der Waals surface area contributed by atoms with Crippen LogP contribution in [0.1, 0.15) is 0 Å². The van der Waals surface area contributed by atoms with Crippen molar-refractivity contribution in [1.29, 1.82) is 0 Å². The zero-order valence-corrected chi connectivity index (χ0v) is 9.13. The monoisotopic (exact) mass is 213 g/mol. The quantitative estimate of drug-likeness (QED) is 0.259. The Labute approximate surface area is 91.3 Å². The second-order valence-electron chi connectivity index (χ2n) is 3.33. The topological polar surface area (TPSA) is 77.7 Å². The molecule has 5 N–H and O–H groups in total. The lowest BCUT2D eigenvalue weighted by Gasteiger charge is -2.07. The second kappa shape index (κ2) is 8.52. The molecule has 0 atom stereocenters. The molecule has 1 aliphatic heterocycles. The van der Waals surface area contributed by atoms with Crippen LogP contribution in [0.25, 0.3) is 0 Å². The molecule has 6 heteroatoms. The molecule has 0 spiro atoms. The van der Waals surface area contributed by atoms with Crippen LogP contribution in [0, 0.1) is 0 Å². The molecule has 0 bridgehead atoms. The summed E-state index contributed by atoms with van der Waals surface area (Å²) in [4.78, 5) is 3.98. The van der Waals surface area contributed by atoms with Crippen LogP contribution in [0.2, 0.25) is 0 Å². The Bertz CT molecular complexity index is 172. The lowest BCUT2D eigenvalue weighted by atomic mass is 10.5. The van der Waals surface area contributed by atoms with Crippen LogP contribution in [0.15, 0.2) is 4.99 Å². The summed E-state index contributed by atoms with van der Waals surface area (Å²) in [7, 11) is 0. The lowest BCUT2D eigenvalue weighted by molar-refractivity contribution is 0.341. The molecular weight excluding hydrogens is 192 g/mol. The van der Waals surface area contributed by atoms with Crippen molar-refractivity contribution in [2.24, 2.45) is 10.7 Å².